The third-order valence-electron chi connectivity index (χ3n) is 5.57. The number of ether oxygens (including phenoxy) is 1. The van der Waals surface area contributed by atoms with E-state index in [-0.39, 0.29) is 31.0 Å². The van der Waals surface area contributed by atoms with Crippen LogP contribution in [0.2, 0.25) is 0 Å². The standard InChI is InChI=1S/C23H22N2O6S.Na.H/c1-23(2)17(21(28)29)25-19(27)16(20(25)32-23)24-18(26)15(13-9-5-3-6-10-13)22(30)31-14-11-7-4-8-12-14;;/h3-12,15-17,20H,1-2H3,(H,24,26)(H,28,29);;/q;+1;-1/t15-,16+,17-,20+;;/m0../s1. The summed E-state index contributed by atoms with van der Waals surface area (Å²) in [7, 11) is 0. The van der Waals surface area contributed by atoms with Gasteiger partial charge in [0, 0.05) is 4.75 Å². The molecule has 2 N–H and O–H groups in total. The number of nitrogens with one attached hydrogen (secondary N) is 1. The average Bonchev–Trinajstić information content (AvgIpc) is 3.01. The molecular formula is C23H23N2NaO6S. The molecule has 33 heavy (non-hydrogen) atoms. The maximum Gasteiger partial charge on any atom is 1.00 e. The van der Waals surface area contributed by atoms with Gasteiger partial charge in [0.2, 0.25) is 11.8 Å². The zero-order valence-corrected chi connectivity index (χ0v) is 21.2. The van der Waals surface area contributed by atoms with Crippen LogP contribution in [0.5, 0.6) is 5.75 Å². The quantitative estimate of drug-likeness (QED) is 0.182. The number of thioether (sulfide) groups is 1. The van der Waals surface area contributed by atoms with Gasteiger partial charge in [0.15, 0.2) is 5.92 Å². The summed E-state index contributed by atoms with van der Waals surface area (Å²) in [6, 6.07) is 15.0. The number of carbonyl (C=O) groups is 4. The molecule has 2 saturated heterocycles. The smallest absolute Gasteiger partial charge is 1.00 e. The molecule has 0 saturated carbocycles. The second kappa shape index (κ2) is 9.89. The minimum absolute atomic E-state index is 0. The van der Waals surface area contributed by atoms with Crippen molar-refractivity contribution in [2.45, 2.75) is 42.0 Å². The van der Waals surface area contributed by atoms with Gasteiger partial charge in [-0.1, -0.05) is 48.5 Å². The molecule has 0 spiro atoms. The fourth-order valence-electron chi connectivity index (χ4n) is 4.09. The van der Waals surface area contributed by atoms with Gasteiger partial charge in [-0.25, -0.2) is 4.79 Å². The first-order valence-electron chi connectivity index (χ1n) is 10.1. The molecule has 0 bridgehead atoms. The van der Waals surface area contributed by atoms with Crippen molar-refractivity contribution in [3.8, 4) is 5.75 Å². The molecule has 4 rings (SSSR count). The molecule has 2 aliphatic rings. The normalized spacial score (nSPS) is 23.4. The summed E-state index contributed by atoms with van der Waals surface area (Å²) in [5.74, 6) is -3.99. The van der Waals surface area contributed by atoms with Crippen molar-refractivity contribution in [3.05, 3.63) is 66.2 Å². The van der Waals surface area contributed by atoms with Crippen LogP contribution in [0, 0.1) is 0 Å². The van der Waals surface area contributed by atoms with Gasteiger partial charge in [0.25, 0.3) is 0 Å². The van der Waals surface area contributed by atoms with Gasteiger partial charge in [-0.05, 0) is 31.5 Å². The van der Waals surface area contributed by atoms with E-state index in [1.165, 1.54) is 16.7 Å². The number of rotatable bonds is 6. The average molecular weight is 479 g/mol. The van der Waals surface area contributed by atoms with Gasteiger partial charge in [-0.3, -0.25) is 14.4 Å². The molecule has 2 fully saturated rings. The van der Waals surface area contributed by atoms with Crippen LogP contribution in [-0.4, -0.2) is 56.0 Å². The Morgan fingerprint density at radius 3 is 2.24 bits per heavy atom. The van der Waals surface area contributed by atoms with Crippen LogP contribution in [0.25, 0.3) is 0 Å². The molecule has 10 heteroatoms. The molecule has 2 aromatic carbocycles. The number of benzene rings is 2. The maximum absolute atomic E-state index is 13.2. The topological polar surface area (TPSA) is 113 Å². The SMILES string of the molecule is CC1(C)S[C@@H]2[C@H](NC(=O)[C@@H](C(=O)Oc3ccccc3)c3ccccc3)C(=O)N2[C@H]1C(=O)O.[H-].[Na+]. The van der Waals surface area contributed by atoms with Crippen LogP contribution in [0.1, 0.15) is 26.8 Å². The summed E-state index contributed by atoms with van der Waals surface area (Å²) in [4.78, 5) is 51.8. The van der Waals surface area contributed by atoms with Crippen LogP contribution in [-0.2, 0) is 19.2 Å². The first-order valence-corrected chi connectivity index (χ1v) is 10.9. The fraction of sp³-hybridized carbons (Fsp3) is 0.304. The predicted molar refractivity (Wildman–Crippen MR) is 118 cm³/mol. The molecular weight excluding hydrogens is 455 g/mol. The fourth-order valence-corrected chi connectivity index (χ4v) is 5.71. The number of amides is 2. The van der Waals surface area contributed by atoms with Gasteiger partial charge >= 0.3 is 41.5 Å². The first-order chi connectivity index (χ1) is 15.2. The second-order valence-electron chi connectivity index (χ2n) is 8.16. The molecule has 2 aromatic rings. The number of aliphatic carboxylic acids is 1. The Morgan fingerprint density at radius 1 is 1.09 bits per heavy atom. The van der Waals surface area contributed by atoms with E-state index in [4.69, 9.17) is 4.74 Å². The van der Waals surface area contributed by atoms with E-state index in [1.54, 1.807) is 74.5 Å². The summed E-state index contributed by atoms with van der Waals surface area (Å²) >= 11 is 1.32. The number of esters is 1. The van der Waals surface area contributed by atoms with Crippen molar-refractivity contribution >= 4 is 35.5 Å². The largest absolute Gasteiger partial charge is 1.00 e. The van der Waals surface area contributed by atoms with Crippen LogP contribution < -0.4 is 39.6 Å². The summed E-state index contributed by atoms with van der Waals surface area (Å²) in [6.07, 6.45) is 0. The van der Waals surface area contributed by atoms with Crippen molar-refractivity contribution in [3.63, 3.8) is 0 Å². The summed E-state index contributed by atoms with van der Waals surface area (Å²) in [5, 5.41) is 11.7. The molecule has 2 heterocycles. The molecule has 0 unspecified atom stereocenters. The number of fused-ring (bicyclic) bond motifs is 1. The van der Waals surface area contributed by atoms with Crippen molar-refractivity contribution in [2.75, 3.05) is 0 Å². The Labute approximate surface area is 218 Å². The third-order valence-corrected chi connectivity index (χ3v) is 7.14. The van der Waals surface area contributed by atoms with E-state index in [0.29, 0.717) is 11.3 Å². The number of carboxylic acids is 1. The van der Waals surface area contributed by atoms with E-state index in [9.17, 15) is 24.3 Å². The monoisotopic (exact) mass is 478 g/mol. The van der Waals surface area contributed by atoms with E-state index in [1.807, 2.05) is 0 Å². The van der Waals surface area contributed by atoms with E-state index < -0.39 is 51.9 Å². The maximum atomic E-state index is 13.2. The molecule has 0 radical (unpaired) electrons. The van der Waals surface area contributed by atoms with E-state index in [2.05, 4.69) is 5.32 Å². The Morgan fingerprint density at radius 2 is 1.67 bits per heavy atom. The van der Waals surface area contributed by atoms with Crippen molar-refractivity contribution < 1.29 is 60.0 Å². The Hall–Kier alpha value is -2.33. The third kappa shape index (κ3) is 4.82. The molecule has 2 amide bonds. The number of para-hydroxylation sites is 1. The van der Waals surface area contributed by atoms with Crippen molar-refractivity contribution in [1.82, 2.24) is 10.2 Å². The second-order valence-corrected chi connectivity index (χ2v) is 9.93. The molecule has 2 aliphatic heterocycles. The molecule has 8 nitrogen and oxygen atoms in total. The Bertz CT molecular complexity index is 1070. The minimum Gasteiger partial charge on any atom is -1.00 e. The molecule has 4 atom stereocenters. The first kappa shape index (κ1) is 25.3. The number of carbonyl (C=O) groups excluding carboxylic acids is 3. The Balaban J connectivity index is 0.00000204. The summed E-state index contributed by atoms with van der Waals surface area (Å²) < 4.78 is 4.69. The van der Waals surface area contributed by atoms with Gasteiger partial charge in [0.05, 0.1) is 0 Å². The van der Waals surface area contributed by atoms with Crippen LogP contribution >= 0.6 is 11.8 Å². The number of nitrogens with zero attached hydrogens (tertiary/aromatic N) is 1. The number of carboxylic acid groups (broad SMARTS) is 1. The molecule has 168 valence electrons. The number of hydrogen-bond acceptors (Lipinski definition) is 6. The van der Waals surface area contributed by atoms with Crippen LogP contribution in [0.3, 0.4) is 0 Å². The number of hydrogen-bond donors (Lipinski definition) is 2. The van der Waals surface area contributed by atoms with Crippen LogP contribution in [0.15, 0.2) is 60.7 Å². The Kier molecular flexibility index (Phi) is 7.58. The van der Waals surface area contributed by atoms with Gasteiger partial charge in [0.1, 0.15) is 23.2 Å². The van der Waals surface area contributed by atoms with Crippen molar-refractivity contribution in [2.24, 2.45) is 0 Å². The zero-order chi connectivity index (χ0) is 23.0. The predicted octanol–water partition coefficient (Wildman–Crippen LogP) is -0.876. The summed E-state index contributed by atoms with van der Waals surface area (Å²) in [6.45, 7) is 3.51. The van der Waals surface area contributed by atoms with Gasteiger partial charge < -0.3 is 21.5 Å². The molecule has 0 aromatic heterocycles. The van der Waals surface area contributed by atoms with Gasteiger partial charge in [-0.15, -0.1) is 11.8 Å². The number of β-lactam (4-membered cyclic amide) rings is 1. The molecule has 0 aliphatic carbocycles. The van der Waals surface area contributed by atoms with E-state index >= 15 is 0 Å². The summed E-state index contributed by atoms with van der Waals surface area (Å²) in [5.41, 5.74) is 0.428. The van der Waals surface area contributed by atoms with Gasteiger partial charge in [-0.2, -0.15) is 0 Å². The zero-order valence-electron chi connectivity index (χ0n) is 19.4. The van der Waals surface area contributed by atoms with Crippen molar-refractivity contribution in [1.29, 1.82) is 0 Å². The minimum atomic E-state index is -1.28. The van der Waals surface area contributed by atoms with Crippen LogP contribution in [0.4, 0.5) is 0 Å². The van der Waals surface area contributed by atoms with E-state index in [0.717, 1.165) is 0 Å².